The summed E-state index contributed by atoms with van der Waals surface area (Å²) in [5, 5.41) is 9.51. The van der Waals surface area contributed by atoms with E-state index in [9.17, 15) is 14.7 Å². The van der Waals surface area contributed by atoms with Crippen LogP contribution in [0.4, 0.5) is 0 Å². The summed E-state index contributed by atoms with van der Waals surface area (Å²) in [7, 11) is 0. The largest absolute Gasteiger partial charge is 0.466 e. The molecule has 0 saturated heterocycles. The summed E-state index contributed by atoms with van der Waals surface area (Å²) in [5.74, 6) is 0.422. The van der Waals surface area contributed by atoms with Crippen LogP contribution in [0.25, 0.3) is 0 Å². The molecule has 47 heavy (non-hydrogen) atoms. The van der Waals surface area contributed by atoms with Crippen molar-refractivity contribution in [2.24, 2.45) is 5.92 Å². The summed E-state index contributed by atoms with van der Waals surface area (Å²) in [6.07, 6.45) is 33.6. The van der Waals surface area contributed by atoms with Crippen molar-refractivity contribution in [3.63, 3.8) is 0 Å². The van der Waals surface area contributed by atoms with Crippen molar-refractivity contribution in [1.29, 1.82) is 0 Å². The molecule has 0 bridgehead atoms. The molecular formula is C41H81NO5. The molecule has 0 radical (unpaired) electrons. The van der Waals surface area contributed by atoms with Crippen molar-refractivity contribution < 1.29 is 24.2 Å². The van der Waals surface area contributed by atoms with Crippen molar-refractivity contribution in [2.75, 3.05) is 39.5 Å². The first-order valence-corrected chi connectivity index (χ1v) is 20.7. The summed E-state index contributed by atoms with van der Waals surface area (Å²) in [5.41, 5.74) is 0. The molecule has 0 unspecified atom stereocenters. The van der Waals surface area contributed by atoms with Gasteiger partial charge in [0.2, 0.25) is 0 Å². The van der Waals surface area contributed by atoms with E-state index in [0.717, 1.165) is 64.5 Å². The third kappa shape index (κ3) is 34.5. The zero-order chi connectivity index (χ0) is 34.5. The lowest BCUT2D eigenvalue weighted by molar-refractivity contribution is -0.145. The van der Waals surface area contributed by atoms with Gasteiger partial charge in [-0.05, 0) is 64.0 Å². The molecule has 1 N–H and O–H groups in total. The molecule has 6 nitrogen and oxygen atoms in total. The third-order valence-electron chi connectivity index (χ3n) is 9.55. The highest BCUT2D eigenvalue weighted by Gasteiger charge is 2.13. The number of hydrogen-bond acceptors (Lipinski definition) is 6. The van der Waals surface area contributed by atoms with Gasteiger partial charge in [0.05, 0.1) is 19.8 Å². The van der Waals surface area contributed by atoms with Gasteiger partial charge in [-0.25, -0.2) is 0 Å². The molecule has 0 heterocycles. The first-order chi connectivity index (χ1) is 23.1. The highest BCUT2D eigenvalue weighted by atomic mass is 16.5. The molecule has 0 aliphatic rings. The summed E-state index contributed by atoms with van der Waals surface area (Å²) < 4.78 is 11.2. The number of aliphatic hydroxyl groups excluding tert-OH is 1. The number of hydrogen-bond donors (Lipinski definition) is 1. The fraction of sp³-hybridized carbons (Fsp3) is 0.951. The van der Waals surface area contributed by atoms with E-state index in [1.165, 1.54) is 122 Å². The van der Waals surface area contributed by atoms with Gasteiger partial charge in [0.1, 0.15) is 0 Å². The average Bonchev–Trinajstić information content (AvgIpc) is 3.07. The lowest BCUT2D eigenvalue weighted by atomic mass is 9.94. The fourth-order valence-corrected chi connectivity index (χ4v) is 6.38. The minimum atomic E-state index is -0.0622. The minimum Gasteiger partial charge on any atom is -0.466 e. The van der Waals surface area contributed by atoms with Gasteiger partial charge in [-0.15, -0.1) is 0 Å². The molecule has 0 aromatic carbocycles. The predicted molar refractivity (Wildman–Crippen MR) is 200 cm³/mol. The number of aliphatic hydroxyl groups is 1. The van der Waals surface area contributed by atoms with Crippen molar-refractivity contribution in [3.05, 3.63) is 0 Å². The van der Waals surface area contributed by atoms with E-state index in [1.54, 1.807) is 0 Å². The molecule has 6 heteroatoms. The molecule has 0 aromatic rings. The van der Waals surface area contributed by atoms with Crippen LogP contribution in [0.1, 0.15) is 207 Å². The van der Waals surface area contributed by atoms with Gasteiger partial charge >= 0.3 is 11.9 Å². The van der Waals surface area contributed by atoms with E-state index < -0.39 is 0 Å². The lowest BCUT2D eigenvalue weighted by Gasteiger charge is -2.21. The Morgan fingerprint density at radius 3 is 1.36 bits per heavy atom. The van der Waals surface area contributed by atoms with Crippen LogP contribution in [0.15, 0.2) is 0 Å². The third-order valence-corrected chi connectivity index (χ3v) is 9.55. The molecule has 0 saturated carbocycles. The van der Waals surface area contributed by atoms with Crippen LogP contribution in [0.5, 0.6) is 0 Å². The Balaban J connectivity index is 4.03. The van der Waals surface area contributed by atoms with Gasteiger partial charge in [0.25, 0.3) is 0 Å². The number of carbonyl (C=O) groups is 2. The fourth-order valence-electron chi connectivity index (χ4n) is 6.38. The van der Waals surface area contributed by atoms with Gasteiger partial charge in [-0.3, -0.25) is 9.59 Å². The number of ether oxygens (including phenoxy) is 2. The average molecular weight is 668 g/mol. The second kappa shape index (κ2) is 37.7. The molecule has 0 spiro atoms. The number of nitrogens with zero attached hydrogens (tertiary/aromatic N) is 1. The quantitative estimate of drug-likeness (QED) is 0.0521. The number of carbonyl (C=O) groups excluding carboxylic acids is 2. The maximum Gasteiger partial charge on any atom is 0.305 e. The summed E-state index contributed by atoms with van der Waals surface area (Å²) >= 11 is 0. The molecular weight excluding hydrogens is 586 g/mol. The van der Waals surface area contributed by atoms with Crippen molar-refractivity contribution in [1.82, 2.24) is 4.90 Å². The van der Waals surface area contributed by atoms with E-state index in [-0.39, 0.29) is 18.5 Å². The van der Waals surface area contributed by atoms with Gasteiger partial charge in [0, 0.05) is 19.4 Å². The lowest BCUT2D eigenvalue weighted by Crippen LogP contribution is -2.29. The Morgan fingerprint density at radius 2 is 0.894 bits per heavy atom. The second-order valence-electron chi connectivity index (χ2n) is 14.2. The second-order valence-corrected chi connectivity index (χ2v) is 14.2. The van der Waals surface area contributed by atoms with Crippen molar-refractivity contribution in [3.8, 4) is 0 Å². The van der Waals surface area contributed by atoms with Crippen LogP contribution < -0.4 is 0 Å². The Labute approximate surface area is 292 Å². The Bertz CT molecular complexity index is 642. The van der Waals surface area contributed by atoms with Gasteiger partial charge in [0.15, 0.2) is 0 Å². The van der Waals surface area contributed by atoms with Crippen LogP contribution in [-0.2, 0) is 19.1 Å². The molecule has 0 aliphatic carbocycles. The summed E-state index contributed by atoms with van der Waals surface area (Å²) in [6, 6.07) is 0. The van der Waals surface area contributed by atoms with Crippen LogP contribution >= 0.6 is 0 Å². The SMILES string of the molecule is CCCCCCCCCOC(=O)CCCCCN(CCO)CCCCCC(=O)OCC(CCCCCCCC)CCCCCCCC. The Morgan fingerprint density at radius 1 is 0.489 bits per heavy atom. The predicted octanol–water partition coefficient (Wildman–Crippen LogP) is 11.4. The van der Waals surface area contributed by atoms with E-state index in [0.29, 0.717) is 38.5 Å². The molecule has 0 rings (SSSR count). The number of rotatable bonds is 38. The maximum absolute atomic E-state index is 12.5. The highest BCUT2D eigenvalue weighted by molar-refractivity contribution is 5.69. The molecule has 280 valence electrons. The zero-order valence-corrected chi connectivity index (χ0v) is 31.9. The minimum absolute atomic E-state index is 0.0333. The number of unbranched alkanes of at least 4 members (excludes halogenated alkanes) is 20. The van der Waals surface area contributed by atoms with Crippen LogP contribution in [0, 0.1) is 5.92 Å². The van der Waals surface area contributed by atoms with Gasteiger partial charge in [-0.1, -0.05) is 149 Å². The summed E-state index contributed by atoms with van der Waals surface area (Å²) in [6.45, 7) is 10.7. The molecule has 0 amide bonds. The number of esters is 2. The zero-order valence-electron chi connectivity index (χ0n) is 31.9. The maximum atomic E-state index is 12.5. The topological polar surface area (TPSA) is 76.1 Å². The van der Waals surface area contributed by atoms with E-state index >= 15 is 0 Å². The van der Waals surface area contributed by atoms with E-state index in [2.05, 4.69) is 25.7 Å². The summed E-state index contributed by atoms with van der Waals surface area (Å²) in [4.78, 5) is 26.8. The van der Waals surface area contributed by atoms with Crippen LogP contribution in [0.3, 0.4) is 0 Å². The van der Waals surface area contributed by atoms with Crippen LogP contribution in [-0.4, -0.2) is 61.4 Å². The molecule has 0 fully saturated rings. The van der Waals surface area contributed by atoms with Crippen LogP contribution in [0.2, 0.25) is 0 Å². The molecule has 0 aliphatic heterocycles. The standard InChI is InChI=1S/C41H81NO5/c1-4-7-10-13-16-19-28-37-46-40(44)31-24-20-26-33-42(35-36-43)34-27-21-25-32-41(45)47-38-39(29-22-17-14-11-8-5-2)30-23-18-15-12-9-6-3/h39,43H,4-38H2,1-3H3. The monoisotopic (exact) mass is 668 g/mol. The van der Waals surface area contributed by atoms with E-state index in [4.69, 9.17) is 9.47 Å². The normalized spacial score (nSPS) is 11.5. The first-order valence-electron chi connectivity index (χ1n) is 20.7. The van der Waals surface area contributed by atoms with Gasteiger partial charge < -0.3 is 19.5 Å². The van der Waals surface area contributed by atoms with Crippen molar-refractivity contribution >= 4 is 11.9 Å². The Kier molecular flexibility index (Phi) is 36.8. The molecule has 0 aromatic heterocycles. The smallest absolute Gasteiger partial charge is 0.305 e. The van der Waals surface area contributed by atoms with Gasteiger partial charge in [-0.2, -0.15) is 0 Å². The first kappa shape index (κ1) is 45.9. The Hall–Kier alpha value is -1.14. The molecule has 0 atom stereocenters. The van der Waals surface area contributed by atoms with E-state index in [1.807, 2.05) is 0 Å². The van der Waals surface area contributed by atoms with Crippen molar-refractivity contribution in [2.45, 2.75) is 207 Å². The highest BCUT2D eigenvalue weighted by Crippen LogP contribution is 2.20.